The number of benzene rings is 7. The summed E-state index contributed by atoms with van der Waals surface area (Å²) in [6, 6.07) is 66.8. The zero-order chi connectivity index (χ0) is 30.4. The number of hydrogen-bond acceptors (Lipinski definition) is 2. The molecule has 7 rings (SSSR count). The summed E-state index contributed by atoms with van der Waals surface area (Å²) in [6.45, 7) is 0. The maximum Gasteiger partial charge on any atom is 0.0462 e. The first-order valence-corrected chi connectivity index (χ1v) is 15.3. The Bertz CT molecular complexity index is 1870. The van der Waals surface area contributed by atoms with Gasteiger partial charge in [0.05, 0.1) is 0 Å². The lowest BCUT2D eigenvalue weighted by Gasteiger charge is -2.26. The van der Waals surface area contributed by atoms with Gasteiger partial charge in [0.15, 0.2) is 0 Å². The Hall–Kier alpha value is -5.86. The minimum absolute atomic E-state index is 1.11. The SMILES string of the molecule is CN(c1ccccc1)c1ccc(-c2ccc(N(c3ccc(-c4ccccc4)cc3)c3ccc(-c4ccccc4)cc3)cc2)cc1. The van der Waals surface area contributed by atoms with Crippen molar-refractivity contribution >= 4 is 28.4 Å². The van der Waals surface area contributed by atoms with Crippen molar-refractivity contribution < 1.29 is 0 Å². The van der Waals surface area contributed by atoms with Crippen LogP contribution in [0.4, 0.5) is 28.4 Å². The molecule has 0 radical (unpaired) electrons. The summed E-state index contributed by atoms with van der Waals surface area (Å²) in [5.41, 5.74) is 12.9. The zero-order valence-electron chi connectivity index (χ0n) is 25.3. The summed E-state index contributed by atoms with van der Waals surface area (Å²) in [4.78, 5) is 4.53. The van der Waals surface area contributed by atoms with Crippen molar-refractivity contribution in [3.05, 3.63) is 188 Å². The molecule has 7 aromatic carbocycles. The van der Waals surface area contributed by atoms with Gasteiger partial charge in [0.2, 0.25) is 0 Å². The molecule has 0 atom stereocenters. The molecule has 216 valence electrons. The first-order valence-electron chi connectivity index (χ1n) is 15.3. The first kappa shape index (κ1) is 27.9. The normalized spacial score (nSPS) is 10.8. The van der Waals surface area contributed by atoms with Crippen LogP contribution in [-0.2, 0) is 0 Å². The van der Waals surface area contributed by atoms with Crippen molar-refractivity contribution in [2.75, 3.05) is 16.8 Å². The molecule has 0 aliphatic heterocycles. The van der Waals surface area contributed by atoms with Gasteiger partial charge in [-0.3, -0.25) is 0 Å². The van der Waals surface area contributed by atoms with Crippen LogP contribution in [0, 0.1) is 0 Å². The quantitative estimate of drug-likeness (QED) is 0.177. The Morgan fingerprint density at radius 2 is 0.489 bits per heavy atom. The minimum Gasteiger partial charge on any atom is -0.345 e. The van der Waals surface area contributed by atoms with E-state index in [0.29, 0.717) is 0 Å². The van der Waals surface area contributed by atoms with Crippen molar-refractivity contribution in [2.45, 2.75) is 0 Å². The Labute approximate surface area is 266 Å². The Balaban J connectivity index is 1.19. The minimum atomic E-state index is 1.11. The number of rotatable bonds is 8. The van der Waals surface area contributed by atoms with E-state index in [0.717, 1.165) is 22.7 Å². The topological polar surface area (TPSA) is 6.48 Å². The van der Waals surface area contributed by atoms with Gasteiger partial charge in [-0.15, -0.1) is 0 Å². The second-order valence-corrected chi connectivity index (χ2v) is 11.1. The molecule has 0 aliphatic rings. The highest BCUT2D eigenvalue weighted by atomic mass is 15.1. The highest BCUT2D eigenvalue weighted by molar-refractivity contribution is 5.81. The van der Waals surface area contributed by atoms with Gasteiger partial charge in [-0.2, -0.15) is 0 Å². The molecule has 45 heavy (non-hydrogen) atoms. The molecular formula is C43H34N2. The predicted molar refractivity (Wildman–Crippen MR) is 192 cm³/mol. The molecule has 7 aromatic rings. The lowest BCUT2D eigenvalue weighted by Crippen LogP contribution is -2.10. The van der Waals surface area contributed by atoms with E-state index < -0.39 is 0 Å². The van der Waals surface area contributed by atoms with Gasteiger partial charge in [-0.05, 0) is 94.0 Å². The molecule has 0 fully saturated rings. The molecule has 2 nitrogen and oxygen atoms in total. The molecule has 0 heterocycles. The Morgan fingerprint density at radius 3 is 0.822 bits per heavy atom. The van der Waals surface area contributed by atoms with Gasteiger partial charge in [0.25, 0.3) is 0 Å². The molecular weight excluding hydrogens is 544 g/mol. The van der Waals surface area contributed by atoms with E-state index in [2.05, 4.69) is 199 Å². The highest BCUT2D eigenvalue weighted by Gasteiger charge is 2.14. The van der Waals surface area contributed by atoms with Crippen LogP contribution in [0.15, 0.2) is 188 Å². The fourth-order valence-electron chi connectivity index (χ4n) is 5.80. The molecule has 0 N–H and O–H groups in total. The Kier molecular flexibility index (Phi) is 7.94. The third-order valence-electron chi connectivity index (χ3n) is 8.32. The van der Waals surface area contributed by atoms with Crippen LogP contribution in [0.1, 0.15) is 0 Å². The Morgan fingerprint density at radius 1 is 0.244 bits per heavy atom. The highest BCUT2D eigenvalue weighted by Crippen LogP contribution is 2.38. The second-order valence-electron chi connectivity index (χ2n) is 11.1. The maximum absolute atomic E-state index is 2.32. The third kappa shape index (κ3) is 6.13. The number of hydrogen-bond donors (Lipinski definition) is 0. The average molecular weight is 579 g/mol. The molecule has 0 saturated carbocycles. The van der Waals surface area contributed by atoms with Gasteiger partial charge < -0.3 is 9.80 Å². The summed E-state index contributed by atoms with van der Waals surface area (Å²) < 4.78 is 0. The van der Waals surface area contributed by atoms with Crippen LogP contribution in [0.25, 0.3) is 33.4 Å². The standard InChI is InChI=1S/C43H34N2/c1-44(39-15-9-4-10-16-39)40-25-17-37(18-26-40)38-23-31-43(32-24-38)45(41-27-19-35(20-28-41)33-11-5-2-6-12-33)42-29-21-36(22-30-42)34-13-7-3-8-14-34/h2-32H,1H3. The van der Waals surface area contributed by atoms with Gasteiger partial charge in [-0.1, -0.05) is 127 Å². The van der Waals surface area contributed by atoms with Crippen LogP contribution in [0.2, 0.25) is 0 Å². The van der Waals surface area contributed by atoms with Gasteiger partial charge in [0.1, 0.15) is 0 Å². The lowest BCUT2D eigenvalue weighted by molar-refractivity contribution is 1.21. The zero-order valence-corrected chi connectivity index (χ0v) is 25.3. The molecule has 0 aliphatic carbocycles. The molecule has 0 amide bonds. The van der Waals surface area contributed by atoms with E-state index in [1.165, 1.54) is 39.1 Å². The predicted octanol–water partition coefficient (Wildman–Crippen LogP) is 11.9. The smallest absolute Gasteiger partial charge is 0.0462 e. The van der Waals surface area contributed by atoms with Crippen LogP contribution < -0.4 is 9.80 Å². The molecule has 0 spiro atoms. The molecule has 0 bridgehead atoms. The van der Waals surface area contributed by atoms with E-state index in [1.54, 1.807) is 0 Å². The molecule has 0 saturated heterocycles. The second kappa shape index (κ2) is 12.8. The largest absolute Gasteiger partial charge is 0.345 e. The van der Waals surface area contributed by atoms with Gasteiger partial charge in [-0.25, -0.2) is 0 Å². The van der Waals surface area contributed by atoms with E-state index in [4.69, 9.17) is 0 Å². The third-order valence-corrected chi connectivity index (χ3v) is 8.32. The average Bonchev–Trinajstić information content (AvgIpc) is 3.13. The van der Waals surface area contributed by atoms with Crippen molar-refractivity contribution in [3.8, 4) is 33.4 Å². The monoisotopic (exact) mass is 578 g/mol. The lowest BCUT2D eigenvalue weighted by atomic mass is 10.0. The van der Waals surface area contributed by atoms with Gasteiger partial charge in [0, 0.05) is 35.5 Å². The summed E-state index contributed by atoms with van der Waals surface area (Å²) in [5.74, 6) is 0. The van der Waals surface area contributed by atoms with E-state index in [9.17, 15) is 0 Å². The summed E-state index contributed by atoms with van der Waals surface area (Å²) in [5, 5.41) is 0. The van der Waals surface area contributed by atoms with Crippen molar-refractivity contribution in [1.82, 2.24) is 0 Å². The summed E-state index contributed by atoms with van der Waals surface area (Å²) in [7, 11) is 2.10. The van der Waals surface area contributed by atoms with Crippen molar-refractivity contribution in [3.63, 3.8) is 0 Å². The fourth-order valence-corrected chi connectivity index (χ4v) is 5.80. The van der Waals surface area contributed by atoms with Crippen molar-refractivity contribution in [2.24, 2.45) is 0 Å². The summed E-state index contributed by atoms with van der Waals surface area (Å²) in [6.07, 6.45) is 0. The summed E-state index contributed by atoms with van der Waals surface area (Å²) >= 11 is 0. The van der Waals surface area contributed by atoms with Crippen molar-refractivity contribution in [1.29, 1.82) is 0 Å². The molecule has 2 heteroatoms. The van der Waals surface area contributed by atoms with E-state index in [-0.39, 0.29) is 0 Å². The van der Waals surface area contributed by atoms with E-state index >= 15 is 0 Å². The van der Waals surface area contributed by atoms with Crippen LogP contribution >= 0.6 is 0 Å². The maximum atomic E-state index is 2.32. The molecule has 0 unspecified atom stereocenters. The molecule has 0 aromatic heterocycles. The van der Waals surface area contributed by atoms with Crippen LogP contribution in [0.5, 0.6) is 0 Å². The van der Waals surface area contributed by atoms with Gasteiger partial charge >= 0.3 is 0 Å². The van der Waals surface area contributed by atoms with Crippen LogP contribution in [-0.4, -0.2) is 7.05 Å². The van der Waals surface area contributed by atoms with Crippen LogP contribution in [0.3, 0.4) is 0 Å². The number of anilines is 5. The first-order chi connectivity index (χ1) is 22.2. The van der Waals surface area contributed by atoms with E-state index in [1.807, 2.05) is 6.07 Å². The number of nitrogens with zero attached hydrogens (tertiary/aromatic N) is 2. The fraction of sp³-hybridized carbons (Fsp3) is 0.0233. The number of para-hydroxylation sites is 1.